The fraction of sp³-hybridized carbons (Fsp3) is 0.500. The van der Waals surface area contributed by atoms with Crippen molar-refractivity contribution in [3.8, 4) is 11.5 Å². The molecule has 1 heterocycles. The second kappa shape index (κ2) is 9.27. The van der Waals surface area contributed by atoms with Crippen molar-refractivity contribution in [3.63, 3.8) is 0 Å². The van der Waals surface area contributed by atoms with Gasteiger partial charge in [0.25, 0.3) is 0 Å². The van der Waals surface area contributed by atoms with Crippen molar-refractivity contribution in [2.24, 2.45) is 5.92 Å². The lowest BCUT2D eigenvalue weighted by Gasteiger charge is -2.31. The van der Waals surface area contributed by atoms with Crippen molar-refractivity contribution in [2.75, 3.05) is 33.9 Å². The molecule has 26 heavy (non-hydrogen) atoms. The maximum Gasteiger partial charge on any atom is 0.310 e. The van der Waals surface area contributed by atoms with E-state index < -0.39 is 0 Å². The van der Waals surface area contributed by atoms with Gasteiger partial charge in [-0.05, 0) is 50.5 Å². The molecule has 1 aliphatic heterocycles. The quantitative estimate of drug-likeness (QED) is 0.576. The van der Waals surface area contributed by atoms with Gasteiger partial charge in [0.15, 0.2) is 11.5 Å². The van der Waals surface area contributed by atoms with Crippen LogP contribution < -0.4 is 9.47 Å². The molecule has 1 unspecified atom stereocenters. The van der Waals surface area contributed by atoms with Gasteiger partial charge < -0.3 is 19.1 Å². The zero-order chi connectivity index (χ0) is 19.1. The van der Waals surface area contributed by atoms with E-state index in [0.717, 1.165) is 18.4 Å². The Labute approximate surface area is 154 Å². The lowest BCUT2D eigenvalue weighted by Crippen LogP contribution is -2.43. The fourth-order valence-corrected chi connectivity index (χ4v) is 3.12. The Morgan fingerprint density at radius 3 is 2.62 bits per heavy atom. The summed E-state index contributed by atoms with van der Waals surface area (Å²) in [5.41, 5.74) is 1.47. The first-order valence-corrected chi connectivity index (χ1v) is 8.86. The number of carbonyl (C=O) groups is 2. The average Bonchev–Trinajstić information content (AvgIpc) is 2.67. The number of carbonyl (C=O) groups excluding carboxylic acids is 2. The molecule has 0 saturated carbocycles. The number of esters is 1. The fourth-order valence-electron chi connectivity index (χ4n) is 3.12. The summed E-state index contributed by atoms with van der Waals surface area (Å²) in [5, 5.41) is 0. The highest BCUT2D eigenvalue weighted by Crippen LogP contribution is 2.28. The molecule has 1 aliphatic rings. The molecule has 0 N–H and O–H groups in total. The summed E-state index contributed by atoms with van der Waals surface area (Å²) in [6.45, 7) is 5.01. The van der Waals surface area contributed by atoms with E-state index in [1.54, 1.807) is 39.0 Å². The van der Waals surface area contributed by atoms with E-state index in [4.69, 9.17) is 14.2 Å². The molecule has 1 fully saturated rings. The van der Waals surface area contributed by atoms with Crippen LogP contribution >= 0.6 is 0 Å². The standard InChI is InChI=1S/C20H27NO5/c1-5-26-20(23)16-7-6-10-21(13-16)19(22)14(2)11-15-8-9-17(24-3)18(12-15)25-4/h8-9,11-12,16H,5-7,10,13H2,1-4H3/b14-11+. The summed E-state index contributed by atoms with van der Waals surface area (Å²) in [5.74, 6) is 0.741. The second-order valence-corrected chi connectivity index (χ2v) is 6.28. The predicted octanol–water partition coefficient (Wildman–Crippen LogP) is 2.91. The summed E-state index contributed by atoms with van der Waals surface area (Å²) in [6, 6.07) is 5.50. The zero-order valence-electron chi connectivity index (χ0n) is 15.9. The Hall–Kier alpha value is -2.50. The van der Waals surface area contributed by atoms with Crippen molar-refractivity contribution in [1.82, 2.24) is 4.90 Å². The Kier molecular flexibility index (Phi) is 7.06. The van der Waals surface area contributed by atoms with Crippen LogP contribution in [0.3, 0.4) is 0 Å². The molecule has 6 heteroatoms. The first kappa shape index (κ1) is 19.8. The van der Waals surface area contributed by atoms with Crippen molar-refractivity contribution < 1.29 is 23.8 Å². The van der Waals surface area contributed by atoms with Crippen LogP contribution in [0.5, 0.6) is 11.5 Å². The SMILES string of the molecule is CCOC(=O)C1CCCN(C(=O)/C(C)=C/c2ccc(OC)c(OC)c2)C1. The molecule has 0 aliphatic carbocycles. The topological polar surface area (TPSA) is 65.1 Å². The van der Waals surface area contributed by atoms with E-state index in [2.05, 4.69) is 0 Å². The molecule has 1 atom stereocenters. The molecule has 0 bridgehead atoms. The molecule has 142 valence electrons. The van der Waals surface area contributed by atoms with Gasteiger partial charge in [0, 0.05) is 18.7 Å². The number of benzene rings is 1. The number of piperidine rings is 1. The smallest absolute Gasteiger partial charge is 0.310 e. The van der Waals surface area contributed by atoms with Gasteiger partial charge in [-0.3, -0.25) is 9.59 Å². The summed E-state index contributed by atoms with van der Waals surface area (Å²) < 4.78 is 15.6. The first-order valence-electron chi connectivity index (χ1n) is 8.86. The van der Waals surface area contributed by atoms with Gasteiger partial charge in [0.1, 0.15) is 0 Å². The van der Waals surface area contributed by atoms with Gasteiger partial charge in [-0.25, -0.2) is 0 Å². The maximum absolute atomic E-state index is 12.8. The molecule has 0 radical (unpaired) electrons. The number of hydrogen-bond donors (Lipinski definition) is 0. The van der Waals surface area contributed by atoms with E-state index in [0.29, 0.717) is 36.8 Å². The molecular formula is C20H27NO5. The number of hydrogen-bond acceptors (Lipinski definition) is 5. The normalized spacial score (nSPS) is 17.6. The molecule has 1 aromatic rings. The summed E-state index contributed by atoms with van der Waals surface area (Å²) in [6.07, 6.45) is 3.39. The largest absolute Gasteiger partial charge is 0.493 e. The minimum atomic E-state index is -0.235. The Bertz CT molecular complexity index is 683. The van der Waals surface area contributed by atoms with E-state index in [1.807, 2.05) is 18.2 Å². The Morgan fingerprint density at radius 2 is 1.96 bits per heavy atom. The lowest BCUT2D eigenvalue weighted by molar-refractivity contribution is -0.150. The average molecular weight is 361 g/mol. The third kappa shape index (κ3) is 4.77. The number of methoxy groups -OCH3 is 2. The van der Waals surface area contributed by atoms with Crippen LogP contribution in [0, 0.1) is 5.92 Å². The summed E-state index contributed by atoms with van der Waals surface area (Å²) in [4.78, 5) is 26.4. The van der Waals surface area contributed by atoms with Gasteiger partial charge in [-0.1, -0.05) is 6.07 Å². The van der Waals surface area contributed by atoms with Crippen molar-refractivity contribution in [3.05, 3.63) is 29.3 Å². The van der Waals surface area contributed by atoms with Gasteiger partial charge in [0.2, 0.25) is 5.91 Å². The molecule has 0 aromatic heterocycles. The van der Waals surface area contributed by atoms with E-state index in [1.165, 1.54) is 0 Å². The zero-order valence-corrected chi connectivity index (χ0v) is 15.9. The van der Waals surface area contributed by atoms with Crippen molar-refractivity contribution >= 4 is 18.0 Å². The van der Waals surface area contributed by atoms with Crippen LogP contribution in [0.25, 0.3) is 6.08 Å². The molecule has 6 nitrogen and oxygen atoms in total. The molecule has 2 rings (SSSR count). The highest BCUT2D eigenvalue weighted by atomic mass is 16.5. The van der Waals surface area contributed by atoms with Crippen LogP contribution in [0.1, 0.15) is 32.3 Å². The number of likely N-dealkylation sites (tertiary alicyclic amines) is 1. The van der Waals surface area contributed by atoms with Gasteiger partial charge in [-0.2, -0.15) is 0 Å². The third-order valence-corrected chi connectivity index (χ3v) is 4.46. The highest BCUT2D eigenvalue weighted by molar-refractivity contribution is 5.97. The second-order valence-electron chi connectivity index (χ2n) is 6.28. The van der Waals surface area contributed by atoms with Crippen LogP contribution in [0.15, 0.2) is 23.8 Å². The molecule has 1 saturated heterocycles. The minimum Gasteiger partial charge on any atom is -0.493 e. The van der Waals surface area contributed by atoms with E-state index >= 15 is 0 Å². The van der Waals surface area contributed by atoms with Gasteiger partial charge in [-0.15, -0.1) is 0 Å². The number of nitrogens with zero attached hydrogens (tertiary/aromatic N) is 1. The Morgan fingerprint density at radius 1 is 1.23 bits per heavy atom. The van der Waals surface area contributed by atoms with Crippen LogP contribution in [-0.2, 0) is 14.3 Å². The molecule has 1 aromatic carbocycles. The van der Waals surface area contributed by atoms with E-state index in [9.17, 15) is 9.59 Å². The van der Waals surface area contributed by atoms with Crippen LogP contribution in [0.4, 0.5) is 0 Å². The third-order valence-electron chi connectivity index (χ3n) is 4.46. The number of rotatable bonds is 6. The monoisotopic (exact) mass is 361 g/mol. The predicted molar refractivity (Wildman–Crippen MR) is 99.1 cm³/mol. The molecule has 0 spiro atoms. The molecule has 1 amide bonds. The van der Waals surface area contributed by atoms with Crippen molar-refractivity contribution in [1.29, 1.82) is 0 Å². The highest BCUT2D eigenvalue weighted by Gasteiger charge is 2.29. The van der Waals surface area contributed by atoms with Gasteiger partial charge in [0.05, 0.1) is 26.7 Å². The first-order chi connectivity index (χ1) is 12.5. The summed E-state index contributed by atoms with van der Waals surface area (Å²) in [7, 11) is 3.16. The van der Waals surface area contributed by atoms with Crippen molar-refractivity contribution in [2.45, 2.75) is 26.7 Å². The van der Waals surface area contributed by atoms with Crippen LogP contribution in [-0.4, -0.2) is 50.7 Å². The summed E-state index contributed by atoms with van der Waals surface area (Å²) >= 11 is 0. The van der Waals surface area contributed by atoms with Gasteiger partial charge >= 0.3 is 5.97 Å². The van der Waals surface area contributed by atoms with E-state index in [-0.39, 0.29) is 17.8 Å². The lowest BCUT2D eigenvalue weighted by atomic mass is 9.97. The molecular weight excluding hydrogens is 334 g/mol. The van der Waals surface area contributed by atoms with Crippen LogP contribution in [0.2, 0.25) is 0 Å². The number of amides is 1. The minimum absolute atomic E-state index is 0.0613. The Balaban J connectivity index is 2.10. The number of ether oxygens (including phenoxy) is 3. The maximum atomic E-state index is 12.8.